The lowest BCUT2D eigenvalue weighted by Gasteiger charge is -2.06. The van der Waals surface area contributed by atoms with Crippen LogP contribution in [0.4, 0.5) is 0 Å². The molecule has 0 fully saturated rings. The molecule has 23 heavy (non-hydrogen) atoms. The van der Waals surface area contributed by atoms with Gasteiger partial charge in [-0.3, -0.25) is 4.79 Å². The highest BCUT2D eigenvalue weighted by atomic mass is 35.5. The van der Waals surface area contributed by atoms with E-state index in [0.717, 1.165) is 23.3 Å². The number of nitrogens with zero attached hydrogens (tertiary/aromatic N) is 3. The van der Waals surface area contributed by atoms with Gasteiger partial charge in [-0.2, -0.15) is 0 Å². The lowest BCUT2D eigenvalue weighted by atomic mass is 10.3. The number of rotatable bonds is 6. The van der Waals surface area contributed by atoms with Gasteiger partial charge < -0.3 is 14.9 Å². The van der Waals surface area contributed by atoms with E-state index in [1.165, 1.54) is 0 Å². The van der Waals surface area contributed by atoms with Gasteiger partial charge in [0.05, 0.1) is 17.6 Å². The normalized spacial score (nSPS) is 11.0. The molecule has 0 radical (unpaired) electrons. The summed E-state index contributed by atoms with van der Waals surface area (Å²) in [5, 5.41) is 3.53. The zero-order valence-electron chi connectivity index (χ0n) is 12.8. The molecule has 2 N–H and O–H groups in total. The van der Waals surface area contributed by atoms with Gasteiger partial charge in [-0.25, -0.2) is 9.97 Å². The summed E-state index contributed by atoms with van der Waals surface area (Å²) in [5.41, 5.74) is 1.71. The zero-order chi connectivity index (χ0) is 16.2. The Morgan fingerprint density at radius 1 is 1.43 bits per heavy atom. The Kier molecular flexibility index (Phi) is 4.62. The van der Waals surface area contributed by atoms with Crippen LogP contribution in [0.15, 0.2) is 30.6 Å². The summed E-state index contributed by atoms with van der Waals surface area (Å²) in [6, 6.07) is 5.47. The molecule has 0 aliphatic rings. The number of amides is 1. The second-order valence-corrected chi connectivity index (χ2v) is 5.70. The van der Waals surface area contributed by atoms with Crippen molar-refractivity contribution in [1.82, 2.24) is 24.8 Å². The highest BCUT2D eigenvalue weighted by molar-refractivity contribution is 6.31. The van der Waals surface area contributed by atoms with Crippen molar-refractivity contribution in [2.24, 2.45) is 0 Å². The van der Waals surface area contributed by atoms with Crippen LogP contribution in [0.3, 0.4) is 0 Å². The third-order valence-corrected chi connectivity index (χ3v) is 3.88. The first-order chi connectivity index (χ1) is 11.2. The molecule has 1 amide bonds. The van der Waals surface area contributed by atoms with Crippen LogP contribution in [0.2, 0.25) is 5.02 Å². The SMILES string of the molecule is CCc1nccn1CCC(=O)NCc1nc2ccc(Cl)cc2[nH]1. The summed E-state index contributed by atoms with van der Waals surface area (Å²) in [6.07, 6.45) is 4.93. The van der Waals surface area contributed by atoms with Crippen LogP contribution in [0.25, 0.3) is 11.0 Å². The molecule has 0 bridgehead atoms. The van der Waals surface area contributed by atoms with Crippen molar-refractivity contribution in [3.05, 3.63) is 47.3 Å². The molecule has 0 aliphatic heterocycles. The standard InChI is InChI=1S/C16H18ClN5O/c1-2-15-18-6-8-22(15)7-5-16(23)19-10-14-20-12-4-3-11(17)9-13(12)21-14/h3-4,6,8-9H,2,5,7,10H2,1H3,(H,19,23)(H,20,21). The summed E-state index contributed by atoms with van der Waals surface area (Å²) >= 11 is 5.95. The Balaban J connectivity index is 1.53. The Hall–Kier alpha value is -2.34. The summed E-state index contributed by atoms with van der Waals surface area (Å²) in [6.45, 7) is 3.05. The second-order valence-electron chi connectivity index (χ2n) is 5.26. The number of benzene rings is 1. The van der Waals surface area contributed by atoms with Gasteiger partial charge in [0.1, 0.15) is 11.6 Å². The third kappa shape index (κ3) is 3.71. The second kappa shape index (κ2) is 6.83. The van der Waals surface area contributed by atoms with E-state index in [9.17, 15) is 4.79 Å². The minimum Gasteiger partial charge on any atom is -0.349 e. The van der Waals surface area contributed by atoms with Gasteiger partial charge >= 0.3 is 0 Å². The topological polar surface area (TPSA) is 75.6 Å². The Labute approximate surface area is 138 Å². The van der Waals surface area contributed by atoms with Gasteiger partial charge in [0.2, 0.25) is 5.91 Å². The van der Waals surface area contributed by atoms with E-state index in [1.807, 2.05) is 29.8 Å². The molecule has 0 aliphatic carbocycles. The number of aryl methyl sites for hydroxylation is 2. The van der Waals surface area contributed by atoms with E-state index in [1.54, 1.807) is 12.3 Å². The molecule has 0 spiro atoms. The third-order valence-electron chi connectivity index (χ3n) is 3.64. The van der Waals surface area contributed by atoms with Crippen LogP contribution in [0.5, 0.6) is 0 Å². The maximum Gasteiger partial charge on any atom is 0.222 e. The number of hydrogen-bond acceptors (Lipinski definition) is 3. The van der Waals surface area contributed by atoms with Gasteiger partial charge in [-0.1, -0.05) is 18.5 Å². The Morgan fingerprint density at radius 2 is 2.30 bits per heavy atom. The fraction of sp³-hybridized carbons (Fsp3) is 0.312. The highest BCUT2D eigenvalue weighted by Gasteiger charge is 2.07. The summed E-state index contributed by atoms with van der Waals surface area (Å²) in [7, 11) is 0. The molecule has 1 aromatic carbocycles. The van der Waals surface area contributed by atoms with E-state index in [2.05, 4.69) is 20.3 Å². The molecule has 3 aromatic rings. The number of carbonyl (C=O) groups excluding carboxylic acids is 1. The van der Waals surface area contributed by atoms with Crippen molar-refractivity contribution in [3.8, 4) is 0 Å². The van der Waals surface area contributed by atoms with E-state index in [0.29, 0.717) is 30.4 Å². The minimum absolute atomic E-state index is 0.0146. The van der Waals surface area contributed by atoms with Gasteiger partial charge in [0, 0.05) is 36.8 Å². The van der Waals surface area contributed by atoms with Gasteiger partial charge in [-0.05, 0) is 18.2 Å². The summed E-state index contributed by atoms with van der Waals surface area (Å²) in [4.78, 5) is 23.8. The fourth-order valence-electron chi connectivity index (χ4n) is 2.47. The molecule has 0 saturated carbocycles. The van der Waals surface area contributed by atoms with E-state index in [-0.39, 0.29) is 5.91 Å². The van der Waals surface area contributed by atoms with E-state index >= 15 is 0 Å². The first-order valence-electron chi connectivity index (χ1n) is 7.56. The molecular weight excluding hydrogens is 314 g/mol. The summed E-state index contributed by atoms with van der Waals surface area (Å²) < 4.78 is 2.00. The zero-order valence-corrected chi connectivity index (χ0v) is 13.6. The van der Waals surface area contributed by atoms with Crippen LogP contribution in [0, 0.1) is 0 Å². The van der Waals surface area contributed by atoms with Gasteiger partial charge in [0.25, 0.3) is 0 Å². The van der Waals surface area contributed by atoms with Crippen molar-refractivity contribution in [3.63, 3.8) is 0 Å². The lowest BCUT2D eigenvalue weighted by molar-refractivity contribution is -0.121. The molecule has 0 atom stereocenters. The molecular formula is C16H18ClN5O. The average molecular weight is 332 g/mol. The average Bonchev–Trinajstić information content (AvgIpc) is 3.16. The molecule has 2 aromatic heterocycles. The van der Waals surface area contributed by atoms with Crippen molar-refractivity contribution in [2.45, 2.75) is 32.9 Å². The molecule has 0 unspecified atom stereocenters. The lowest BCUT2D eigenvalue weighted by Crippen LogP contribution is -2.24. The van der Waals surface area contributed by atoms with Crippen LogP contribution < -0.4 is 5.32 Å². The molecule has 3 rings (SSSR count). The van der Waals surface area contributed by atoms with E-state index in [4.69, 9.17) is 11.6 Å². The van der Waals surface area contributed by atoms with E-state index < -0.39 is 0 Å². The number of H-pyrrole nitrogens is 1. The van der Waals surface area contributed by atoms with Crippen molar-refractivity contribution in [2.75, 3.05) is 0 Å². The molecule has 120 valence electrons. The predicted octanol–water partition coefficient (Wildman–Crippen LogP) is 2.68. The molecule has 2 heterocycles. The molecule has 0 saturated heterocycles. The quantitative estimate of drug-likeness (QED) is 0.729. The van der Waals surface area contributed by atoms with Gasteiger partial charge in [-0.15, -0.1) is 0 Å². The first-order valence-corrected chi connectivity index (χ1v) is 7.94. The summed E-state index contributed by atoms with van der Waals surface area (Å²) in [5.74, 6) is 1.69. The smallest absolute Gasteiger partial charge is 0.222 e. The molecule has 6 nitrogen and oxygen atoms in total. The number of hydrogen-bond donors (Lipinski definition) is 2. The minimum atomic E-state index is -0.0146. The number of nitrogens with one attached hydrogen (secondary N) is 2. The maximum atomic E-state index is 12.0. The highest BCUT2D eigenvalue weighted by Crippen LogP contribution is 2.17. The number of imidazole rings is 2. The monoisotopic (exact) mass is 331 g/mol. The number of carbonyl (C=O) groups is 1. The number of fused-ring (bicyclic) bond motifs is 1. The maximum absolute atomic E-state index is 12.0. The predicted molar refractivity (Wildman–Crippen MR) is 89.2 cm³/mol. The first kappa shape index (κ1) is 15.6. The van der Waals surface area contributed by atoms with Crippen molar-refractivity contribution >= 4 is 28.5 Å². The Bertz CT molecular complexity index is 823. The van der Waals surface area contributed by atoms with Crippen LogP contribution >= 0.6 is 11.6 Å². The number of aromatic nitrogens is 4. The van der Waals surface area contributed by atoms with Crippen LogP contribution in [0.1, 0.15) is 25.0 Å². The fourth-order valence-corrected chi connectivity index (χ4v) is 2.64. The van der Waals surface area contributed by atoms with Crippen LogP contribution in [-0.2, 0) is 24.3 Å². The van der Waals surface area contributed by atoms with Crippen molar-refractivity contribution in [1.29, 1.82) is 0 Å². The van der Waals surface area contributed by atoms with Gasteiger partial charge in [0.15, 0.2) is 0 Å². The van der Waals surface area contributed by atoms with Crippen LogP contribution in [-0.4, -0.2) is 25.4 Å². The largest absolute Gasteiger partial charge is 0.349 e. The van der Waals surface area contributed by atoms with Crippen molar-refractivity contribution < 1.29 is 4.79 Å². The Morgan fingerprint density at radius 3 is 3.13 bits per heavy atom. The number of halogens is 1. The molecule has 7 heteroatoms. The number of aromatic amines is 1.